The lowest BCUT2D eigenvalue weighted by atomic mass is 10.1. The van der Waals surface area contributed by atoms with Crippen molar-refractivity contribution in [3.8, 4) is 11.5 Å². The monoisotopic (exact) mass is 297 g/mol. The predicted octanol–water partition coefficient (Wildman–Crippen LogP) is 3.45. The minimum Gasteiger partial charge on any atom is -0.497 e. The van der Waals surface area contributed by atoms with Crippen LogP contribution in [0.1, 0.15) is 15.9 Å². The zero-order chi connectivity index (χ0) is 15.5. The number of aromatic amines is 1. The molecule has 0 amide bonds. The number of carbonyl (C=O) groups is 1. The third kappa shape index (κ3) is 2.74. The lowest BCUT2D eigenvalue weighted by Gasteiger charge is -2.07. The molecule has 0 bridgehead atoms. The molecule has 0 aliphatic carbocycles. The first kappa shape index (κ1) is 14.0. The Kier molecular flexibility index (Phi) is 3.70. The van der Waals surface area contributed by atoms with Crippen LogP contribution in [0.15, 0.2) is 48.7 Å². The van der Waals surface area contributed by atoms with Crippen LogP contribution < -0.4 is 9.47 Å². The summed E-state index contributed by atoms with van der Waals surface area (Å²) in [6, 6.07) is 12.4. The maximum absolute atomic E-state index is 11.0. The number of rotatable bonds is 5. The van der Waals surface area contributed by atoms with Crippen molar-refractivity contribution in [2.75, 3.05) is 7.11 Å². The van der Waals surface area contributed by atoms with E-state index in [-0.39, 0.29) is 5.56 Å². The van der Waals surface area contributed by atoms with E-state index in [1.54, 1.807) is 25.3 Å². The molecular weight excluding hydrogens is 282 g/mol. The van der Waals surface area contributed by atoms with Crippen molar-refractivity contribution in [3.05, 3.63) is 59.8 Å². The summed E-state index contributed by atoms with van der Waals surface area (Å²) < 4.78 is 10.9. The third-order valence-corrected chi connectivity index (χ3v) is 3.45. The smallest absolute Gasteiger partial charge is 0.335 e. The molecule has 0 saturated heterocycles. The number of hydrogen-bond donors (Lipinski definition) is 2. The maximum Gasteiger partial charge on any atom is 0.335 e. The molecule has 5 nitrogen and oxygen atoms in total. The van der Waals surface area contributed by atoms with Gasteiger partial charge in [-0.25, -0.2) is 4.79 Å². The van der Waals surface area contributed by atoms with Gasteiger partial charge in [-0.2, -0.15) is 0 Å². The highest BCUT2D eigenvalue weighted by Crippen LogP contribution is 2.23. The van der Waals surface area contributed by atoms with Crippen LogP contribution >= 0.6 is 0 Å². The number of nitrogens with one attached hydrogen (secondary N) is 1. The van der Waals surface area contributed by atoms with Crippen molar-refractivity contribution in [2.24, 2.45) is 0 Å². The Bertz CT molecular complexity index is 822. The molecule has 1 heterocycles. The molecule has 0 saturated carbocycles. The van der Waals surface area contributed by atoms with Crippen molar-refractivity contribution < 1.29 is 19.4 Å². The minimum atomic E-state index is -0.939. The molecule has 22 heavy (non-hydrogen) atoms. The van der Waals surface area contributed by atoms with Crippen LogP contribution in [0, 0.1) is 0 Å². The van der Waals surface area contributed by atoms with Gasteiger partial charge in [0.1, 0.15) is 18.1 Å². The number of ether oxygens (including phenoxy) is 2. The molecule has 0 radical (unpaired) electrons. The van der Waals surface area contributed by atoms with E-state index >= 15 is 0 Å². The highest BCUT2D eigenvalue weighted by Gasteiger charge is 2.08. The molecule has 2 N–H and O–H groups in total. The molecule has 1 aromatic heterocycles. The molecule has 2 aromatic carbocycles. The Morgan fingerprint density at radius 2 is 2.00 bits per heavy atom. The second-order valence-electron chi connectivity index (χ2n) is 4.85. The second-order valence-corrected chi connectivity index (χ2v) is 4.85. The number of hydrogen-bond acceptors (Lipinski definition) is 3. The average molecular weight is 297 g/mol. The van der Waals surface area contributed by atoms with Gasteiger partial charge in [-0.1, -0.05) is 12.1 Å². The summed E-state index contributed by atoms with van der Waals surface area (Å²) in [4.78, 5) is 14.0. The molecular formula is C17H15NO4. The number of aromatic nitrogens is 1. The molecule has 3 aromatic rings. The molecule has 0 fully saturated rings. The average Bonchev–Trinajstić information content (AvgIpc) is 2.95. The van der Waals surface area contributed by atoms with E-state index in [2.05, 4.69) is 4.98 Å². The van der Waals surface area contributed by atoms with Crippen LogP contribution in [0.4, 0.5) is 0 Å². The van der Waals surface area contributed by atoms with Gasteiger partial charge >= 0.3 is 5.97 Å². The zero-order valence-corrected chi connectivity index (χ0v) is 12.0. The molecule has 0 spiro atoms. The predicted molar refractivity (Wildman–Crippen MR) is 82.6 cm³/mol. The highest BCUT2D eigenvalue weighted by molar-refractivity contribution is 5.94. The maximum atomic E-state index is 11.0. The molecule has 5 heteroatoms. The number of fused-ring (bicyclic) bond motifs is 1. The Morgan fingerprint density at radius 3 is 2.77 bits per heavy atom. The van der Waals surface area contributed by atoms with Gasteiger partial charge in [-0.15, -0.1) is 0 Å². The summed E-state index contributed by atoms with van der Waals surface area (Å²) in [7, 11) is 1.61. The molecule has 3 rings (SSSR count). The number of carboxylic acid groups (broad SMARTS) is 1. The summed E-state index contributed by atoms with van der Waals surface area (Å²) in [5.74, 6) is 0.518. The third-order valence-electron chi connectivity index (χ3n) is 3.45. The Balaban J connectivity index is 1.80. The van der Waals surface area contributed by atoms with E-state index < -0.39 is 5.97 Å². The summed E-state index contributed by atoms with van der Waals surface area (Å²) >= 11 is 0. The number of benzene rings is 2. The van der Waals surface area contributed by atoms with E-state index in [1.165, 1.54) is 0 Å². The van der Waals surface area contributed by atoms with Gasteiger partial charge < -0.3 is 19.6 Å². The molecule has 0 atom stereocenters. The van der Waals surface area contributed by atoms with Crippen molar-refractivity contribution >= 4 is 16.9 Å². The fourth-order valence-electron chi connectivity index (χ4n) is 2.29. The topological polar surface area (TPSA) is 71.5 Å². The molecule has 112 valence electrons. The van der Waals surface area contributed by atoms with E-state index in [1.807, 2.05) is 30.5 Å². The van der Waals surface area contributed by atoms with E-state index in [0.717, 1.165) is 28.0 Å². The van der Waals surface area contributed by atoms with Crippen LogP contribution in [0.25, 0.3) is 10.9 Å². The van der Waals surface area contributed by atoms with Crippen molar-refractivity contribution in [1.29, 1.82) is 0 Å². The van der Waals surface area contributed by atoms with Gasteiger partial charge in [0, 0.05) is 28.7 Å². The van der Waals surface area contributed by atoms with Gasteiger partial charge in [0.25, 0.3) is 0 Å². The quantitative estimate of drug-likeness (QED) is 0.756. The molecule has 0 aliphatic heterocycles. The normalized spacial score (nSPS) is 10.6. The van der Waals surface area contributed by atoms with E-state index in [9.17, 15) is 4.79 Å². The zero-order valence-electron chi connectivity index (χ0n) is 12.0. The second kappa shape index (κ2) is 5.81. The van der Waals surface area contributed by atoms with Crippen LogP contribution in [0.3, 0.4) is 0 Å². The van der Waals surface area contributed by atoms with Gasteiger partial charge in [0.05, 0.1) is 12.7 Å². The Morgan fingerprint density at radius 1 is 1.18 bits per heavy atom. The fraction of sp³-hybridized carbons (Fsp3) is 0.118. The van der Waals surface area contributed by atoms with Crippen LogP contribution in [0.5, 0.6) is 11.5 Å². The summed E-state index contributed by atoms with van der Waals surface area (Å²) in [5, 5.41) is 9.95. The first-order chi connectivity index (χ1) is 10.7. The SMILES string of the molecule is COc1cccc(OCc2c[nH]c3cc(C(=O)O)ccc23)c1. The van der Waals surface area contributed by atoms with Crippen LogP contribution in [-0.4, -0.2) is 23.2 Å². The first-order valence-electron chi connectivity index (χ1n) is 6.77. The van der Waals surface area contributed by atoms with E-state index in [0.29, 0.717) is 6.61 Å². The fourth-order valence-corrected chi connectivity index (χ4v) is 2.29. The van der Waals surface area contributed by atoms with Gasteiger partial charge in [0.2, 0.25) is 0 Å². The molecule has 0 aliphatic rings. The van der Waals surface area contributed by atoms with Gasteiger partial charge in [-0.3, -0.25) is 0 Å². The molecule has 0 unspecified atom stereocenters. The summed E-state index contributed by atoms with van der Waals surface area (Å²) in [5.41, 5.74) is 2.01. The van der Waals surface area contributed by atoms with Crippen LogP contribution in [-0.2, 0) is 6.61 Å². The minimum absolute atomic E-state index is 0.259. The van der Waals surface area contributed by atoms with Crippen molar-refractivity contribution in [1.82, 2.24) is 4.98 Å². The number of H-pyrrole nitrogens is 1. The lowest BCUT2D eigenvalue weighted by Crippen LogP contribution is -1.96. The highest BCUT2D eigenvalue weighted by atomic mass is 16.5. The van der Waals surface area contributed by atoms with Crippen LogP contribution in [0.2, 0.25) is 0 Å². The number of carboxylic acids is 1. The first-order valence-corrected chi connectivity index (χ1v) is 6.77. The number of methoxy groups -OCH3 is 1. The number of aromatic carboxylic acids is 1. The Labute approximate surface area is 127 Å². The summed E-state index contributed by atoms with van der Waals surface area (Å²) in [6.45, 7) is 0.388. The van der Waals surface area contributed by atoms with Gasteiger partial charge in [-0.05, 0) is 24.3 Å². The Hall–Kier alpha value is -2.95. The van der Waals surface area contributed by atoms with E-state index in [4.69, 9.17) is 14.6 Å². The van der Waals surface area contributed by atoms with Crippen molar-refractivity contribution in [3.63, 3.8) is 0 Å². The largest absolute Gasteiger partial charge is 0.497 e. The van der Waals surface area contributed by atoms with Crippen molar-refractivity contribution in [2.45, 2.75) is 6.61 Å². The standard InChI is InChI=1S/C17H15NO4/c1-21-13-3-2-4-14(8-13)22-10-12-9-18-16-7-11(17(19)20)5-6-15(12)16/h2-9,18H,10H2,1H3,(H,19,20). The lowest BCUT2D eigenvalue weighted by molar-refractivity contribution is 0.0697. The van der Waals surface area contributed by atoms with Gasteiger partial charge in [0.15, 0.2) is 0 Å². The summed E-state index contributed by atoms with van der Waals surface area (Å²) in [6.07, 6.45) is 1.83.